The SMILES string of the molecule is O=C(O)N1CCN(CCc2cnc[nH]2)CC1. The summed E-state index contributed by atoms with van der Waals surface area (Å²) in [5, 5.41) is 8.80. The van der Waals surface area contributed by atoms with Gasteiger partial charge in [0.2, 0.25) is 0 Å². The van der Waals surface area contributed by atoms with Crippen LogP contribution in [0.4, 0.5) is 4.79 Å². The Bertz CT molecular complexity index is 331. The van der Waals surface area contributed by atoms with Gasteiger partial charge in [-0.25, -0.2) is 9.78 Å². The molecule has 0 bridgehead atoms. The van der Waals surface area contributed by atoms with Crippen molar-refractivity contribution in [2.75, 3.05) is 32.7 Å². The Hall–Kier alpha value is -1.56. The summed E-state index contributed by atoms with van der Waals surface area (Å²) in [4.78, 5) is 21.5. The van der Waals surface area contributed by atoms with Gasteiger partial charge in [-0.1, -0.05) is 0 Å². The number of aromatic amines is 1. The lowest BCUT2D eigenvalue weighted by atomic mass is 10.2. The zero-order valence-electron chi connectivity index (χ0n) is 9.09. The molecule has 0 spiro atoms. The van der Waals surface area contributed by atoms with Crippen LogP contribution < -0.4 is 0 Å². The molecule has 1 aliphatic rings. The molecule has 0 aromatic carbocycles. The van der Waals surface area contributed by atoms with Gasteiger partial charge in [-0.2, -0.15) is 0 Å². The summed E-state index contributed by atoms with van der Waals surface area (Å²) in [5.74, 6) is 0. The van der Waals surface area contributed by atoms with Gasteiger partial charge in [0, 0.05) is 51.0 Å². The first-order chi connectivity index (χ1) is 7.75. The Morgan fingerprint density at radius 1 is 1.44 bits per heavy atom. The Morgan fingerprint density at radius 3 is 2.75 bits per heavy atom. The second-order valence-corrected chi connectivity index (χ2v) is 3.94. The number of amides is 1. The summed E-state index contributed by atoms with van der Waals surface area (Å²) < 4.78 is 0. The van der Waals surface area contributed by atoms with E-state index in [9.17, 15) is 4.79 Å². The molecule has 2 heterocycles. The monoisotopic (exact) mass is 224 g/mol. The molecule has 1 aromatic rings. The first kappa shape index (κ1) is 10.9. The number of nitrogens with one attached hydrogen (secondary N) is 1. The van der Waals surface area contributed by atoms with E-state index in [-0.39, 0.29) is 0 Å². The Labute approximate surface area is 93.9 Å². The Balaban J connectivity index is 1.71. The van der Waals surface area contributed by atoms with E-state index in [1.54, 1.807) is 6.33 Å². The highest BCUT2D eigenvalue weighted by Crippen LogP contribution is 2.03. The van der Waals surface area contributed by atoms with Crippen molar-refractivity contribution in [3.05, 3.63) is 18.2 Å². The van der Waals surface area contributed by atoms with Crippen molar-refractivity contribution < 1.29 is 9.90 Å². The van der Waals surface area contributed by atoms with E-state index in [1.807, 2.05) is 6.20 Å². The lowest BCUT2D eigenvalue weighted by Gasteiger charge is -2.32. The number of rotatable bonds is 3. The van der Waals surface area contributed by atoms with Crippen LogP contribution in [0, 0.1) is 0 Å². The number of aromatic nitrogens is 2. The van der Waals surface area contributed by atoms with Gasteiger partial charge in [-0.05, 0) is 0 Å². The molecule has 2 rings (SSSR count). The first-order valence-electron chi connectivity index (χ1n) is 5.43. The molecule has 1 amide bonds. The quantitative estimate of drug-likeness (QED) is 0.772. The van der Waals surface area contributed by atoms with Crippen LogP contribution in [0.2, 0.25) is 0 Å². The third-order valence-corrected chi connectivity index (χ3v) is 2.90. The first-order valence-corrected chi connectivity index (χ1v) is 5.43. The van der Waals surface area contributed by atoms with Crippen molar-refractivity contribution in [3.8, 4) is 0 Å². The predicted molar refractivity (Wildman–Crippen MR) is 58.3 cm³/mol. The van der Waals surface area contributed by atoms with Gasteiger partial charge in [-0.15, -0.1) is 0 Å². The molecular formula is C10H16N4O2. The third kappa shape index (κ3) is 2.73. The van der Waals surface area contributed by atoms with Crippen molar-refractivity contribution in [1.29, 1.82) is 0 Å². The molecule has 2 N–H and O–H groups in total. The zero-order chi connectivity index (χ0) is 11.4. The van der Waals surface area contributed by atoms with Crippen LogP contribution in [0.5, 0.6) is 0 Å². The van der Waals surface area contributed by atoms with E-state index in [0.717, 1.165) is 31.7 Å². The Morgan fingerprint density at radius 2 is 2.19 bits per heavy atom. The normalized spacial score (nSPS) is 17.6. The largest absolute Gasteiger partial charge is 0.465 e. The van der Waals surface area contributed by atoms with Gasteiger partial charge in [-0.3, -0.25) is 4.90 Å². The van der Waals surface area contributed by atoms with Gasteiger partial charge >= 0.3 is 6.09 Å². The number of hydrogen-bond acceptors (Lipinski definition) is 3. The second-order valence-electron chi connectivity index (χ2n) is 3.94. The topological polar surface area (TPSA) is 72.5 Å². The highest BCUT2D eigenvalue weighted by atomic mass is 16.4. The van der Waals surface area contributed by atoms with E-state index >= 15 is 0 Å². The van der Waals surface area contributed by atoms with E-state index in [4.69, 9.17) is 5.11 Å². The fourth-order valence-electron chi connectivity index (χ4n) is 1.86. The smallest absolute Gasteiger partial charge is 0.407 e. The summed E-state index contributed by atoms with van der Waals surface area (Å²) in [5.41, 5.74) is 1.13. The van der Waals surface area contributed by atoms with E-state index in [2.05, 4.69) is 14.9 Å². The van der Waals surface area contributed by atoms with Crippen molar-refractivity contribution in [2.45, 2.75) is 6.42 Å². The highest BCUT2D eigenvalue weighted by Gasteiger charge is 2.19. The maximum atomic E-state index is 10.7. The minimum absolute atomic E-state index is 0.609. The molecular weight excluding hydrogens is 208 g/mol. The predicted octanol–water partition coefficient (Wildman–Crippen LogP) is 0.248. The molecule has 1 aromatic heterocycles. The minimum atomic E-state index is -0.812. The molecule has 0 radical (unpaired) electrons. The fourth-order valence-corrected chi connectivity index (χ4v) is 1.86. The lowest BCUT2D eigenvalue weighted by Crippen LogP contribution is -2.48. The molecule has 0 atom stereocenters. The van der Waals surface area contributed by atoms with Crippen LogP contribution in [0.3, 0.4) is 0 Å². The van der Waals surface area contributed by atoms with Gasteiger partial charge in [0.1, 0.15) is 0 Å². The summed E-state index contributed by atoms with van der Waals surface area (Å²) in [6.45, 7) is 3.81. The lowest BCUT2D eigenvalue weighted by molar-refractivity contribution is 0.106. The summed E-state index contributed by atoms with van der Waals surface area (Å²) in [7, 11) is 0. The summed E-state index contributed by atoms with van der Waals surface area (Å²) in [6, 6.07) is 0. The minimum Gasteiger partial charge on any atom is -0.465 e. The van der Waals surface area contributed by atoms with E-state index < -0.39 is 6.09 Å². The summed E-state index contributed by atoms with van der Waals surface area (Å²) >= 11 is 0. The molecule has 1 fully saturated rings. The number of nitrogens with zero attached hydrogens (tertiary/aromatic N) is 3. The van der Waals surface area contributed by atoms with Crippen molar-refractivity contribution in [3.63, 3.8) is 0 Å². The fraction of sp³-hybridized carbons (Fsp3) is 0.600. The molecule has 1 aliphatic heterocycles. The van der Waals surface area contributed by atoms with Gasteiger partial charge in [0.05, 0.1) is 6.33 Å². The number of piperazine rings is 1. The number of carbonyl (C=O) groups is 1. The van der Waals surface area contributed by atoms with Crippen molar-refractivity contribution in [2.24, 2.45) is 0 Å². The highest BCUT2D eigenvalue weighted by molar-refractivity contribution is 5.65. The molecule has 16 heavy (non-hydrogen) atoms. The molecule has 6 nitrogen and oxygen atoms in total. The van der Waals surface area contributed by atoms with Crippen LogP contribution in [-0.2, 0) is 6.42 Å². The average molecular weight is 224 g/mol. The molecule has 0 saturated carbocycles. The third-order valence-electron chi connectivity index (χ3n) is 2.90. The van der Waals surface area contributed by atoms with Gasteiger partial charge < -0.3 is 15.0 Å². The standard InChI is InChI=1S/C10H16N4O2/c15-10(16)14-5-3-13(4-6-14)2-1-9-7-11-8-12-9/h7-8H,1-6H2,(H,11,12)(H,15,16). The Kier molecular flexibility index (Phi) is 3.40. The number of H-pyrrole nitrogens is 1. The zero-order valence-corrected chi connectivity index (χ0v) is 9.09. The van der Waals surface area contributed by atoms with Gasteiger partial charge in [0.15, 0.2) is 0 Å². The van der Waals surface area contributed by atoms with Crippen LogP contribution in [-0.4, -0.2) is 63.7 Å². The maximum absolute atomic E-state index is 10.7. The van der Waals surface area contributed by atoms with Crippen LogP contribution in [0.15, 0.2) is 12.5 Å². The molecule has 0 aliphatic carbocycles. The summed E-state index contributed by atoms with van der Waals surface area (Å²) in [6.07, 6.45) is 3.63. The average Bonchev–Trinajstić information content (AvgIpc) is 2.80. The van der Waals surface area contributed by atoms with E-state index in [0.29, 0.717) is 13.1 Å². The number of hydrogen-bond donors (Lipinski definition) is 2. The molecule has 0 unspecified atom stereocenters. The number of carboxylic acid groups (broad SMARTS) is 1. The van der Waals surface area contributed by atoms with E-state index in [1.165, 1.54) is 4.90 Å². The number of imidazole rings is 1. The van der Waals surface area contributed by atoms with Crippen LogP contribution >= 0.6 is 0 Å². The van der Waals surface area contributed by atoms with Crippen molar-refractivity contribution in [1.82, 2.24) is 19.8 Å². The molecule has 1 saturated heterocycles. The maximum Gasteiger partial charge on any atom is 0.407 e. The molecule has 6 heteroatoms. The van der Waals surface area contributed by atoms with Crippen molar-refractivity contribution >= 4 is 6.09 Å². The second kappa shape index (κ2) is 4.98. The van der Waals surface area contributed by atoms with Crippen LogP contribution in [0.1, 0.15) is 5.69 Å². The van der Waals surface area contributed by atoms with Crippen LogP contribution in [0.25, 0.3) is 0 Å². The molecule has 88 valence electrons. The van der Waals surface area contributed by atoms with Gasteiger partial charge in [0.25, 0.3) is 0 Å².